The number of hydrogen-bond acceptors (Lipinski definition) is 4. The molecule has 9 nitrogen and oxygen atoms in total. The van der Waals surface area contributed by atoms with E-state index in [9.17, 15) is 10.1 Å². The minimum absolute atomic E-state index is 0.0442. The molecule has 98 valence electrons. The first-order valence-corrected chi connectivity index (χ1v) is 5.04. The predicted octanol–water partition coefficient (Wildman–Crippen LogP) is 0.339. The molecule has 10 heteroatoms. The zero-order valence-electron chi connectivity index (χ0n) is 9.37. The van der Waals surface area contributed by atoms with Crippen LogP contribution in [0.4, 0.5) is 11.4 Å². The molecule has 0 aliphatic rings. The van der Waals surface area contributed by atoms with Gasteiger partial charge in [-0.15, -0.1) is 0 Å². The summed E-state index contributed by atoms with van der Waals surface area (Å²) in [7, 11) is 0. The third-order valence-corrected chi connectivity index (χ3v) is 2.14. The lowest BCUT2D eigenvalue weighted by molar-refractivity contribution is -0.384. The van der Waals surface area contributed by atoms with E-state index < -0.39 is 4.92 Å². The lowest BCUT2D eigenvalue weighted by atomic mass is 10.2. The summed E-state index contributed by atoms with van der Waals surface area (Å²) in [5, 5.41) is 19.4. The van der Waals surface area contributed by atoms with Crippen molar-refractivity contribution in [3.8, 4) is 6.07 Å². The minimum atomic E-state index is -0.681. The normalized spacial score (nSPS) is 10.6. The number of nitro benzene ring substituents is 1. The highest BCUT2D eigenvalue weighted by molar-refractivity contribution is 6.33. The molecule has 0 aliphatic carbocycles. The molecule has 0 amide bonds. The average Bonchev–Trinajstić information content (AvgIpc) is 2.30. The molecule has 0 aliphatic heterocycles. The number of guanidine groups is 2. The van der Waals surface area contributed by atoms with Gasteiger partial charge in [0, 0.05) is 12.1 Å². The van der Waals surface area contributed by atoms with Gasteiger partial charge in [0.1, 0.15) is 11.8 Å². The highest BCUT2D eigenvalue weighted by atomic mass is 35.5. The van der Waals surface area contributed by atoms with E-state index in [0.29, 0.717) is 0 Å². The molecule has 0 aromatic heterocycles. The number of nitro groups is 1. The molecular weight excluding hydrogens is 274 g/mol. The Morgan fingerprint density at radius 1 is 1.42 bits per heavy atom. The van der Waals surface area contributed by atoms with Crippen LogP contribution < -0.4 is 17.2 Å². The maximum absolute atomic E-state index is 10.6. The van der Waals surface area contributed by atoms with Crippen molar-refractivity contribution in [1.82, 2.24) is 0 Å². The van der Waals surface area contributed by atoms with Gasteiger partial charge in [0.2, 0.25) is 5.96 Å². The zero-order chi connectivity index (χ0) is 14.6. The van der Waals surface area contributed by atoms with E-state index in [1.54, 1.807) is 6.07 Å². The molecule has 19 heavy (non-hydrogen) atoms. The van der Waals surface area contributed by atoms with Crippen LogP contribution >= 0.6 is 11.6 Å². The lowest BCUT2D eigenvalue weighted by Crippen LogP contribution is -2.26. The smallest absolute Gasteiger partial charge is 0.272 e. The fourth-order valence-corrected chi connectivity index (χ4v) is 1.42. The van der Waals surface area contributed by atoms with Crippen LogP contribution in [0.5, 0.6) is 0 Å². The maximum atomic E-state index is 10.6. The Labute approximate surface area is 112 Å². The van der Waals surface area contributed by atoms with Gasteiger partial charge >= 0.3 is 0 Å². The van der Waals surface area contributed by atoms with E-state index in [1.807, 2.05) is 0 Å². The molecule has 0 atom stereocenters. The van der Waals surface area contributed by atoms with Crippen molar-refractivity contribution >= 4 is 34.9 Å². The van der Waals surface area contributed by atoms with Gasteiger partial charge in [-0.05, 0) is 0 Å². The van der Waals surface area contributed by atoms with Crippen molar-refractivity contribution in [2.75, 3.05) is 0 Å². The summed E-state index contributed by atoms with van der Waals surface area (Å²) in [6.45, 7) is 0. The largest absolute Gasteiger partial charge is 0.370 e. The number of nitriles is 1. The quantitative estimate of drug-likeness (QED) is 0.305. The molecule has 6 N–H and O–H groups in total. The van der Waals surface area contributed by atoms with Crippen molar-refractivity contribution in [3.63, 3.8) is 0 Å². The molecule has 0 saturated carbocycles. The van der Waals surface area contributed by atoms with Crippen molar-refractivity contribution in [1.29, 1.82) is 5.26 Å². The van der Waals surface area contributed by atoms with Gasteiger partial charge < -0.3 is 17.2 Å². The summed E-state index contributed by atoms with van der Waals surface area (Å²) in [5.74, 6) is -0.648. The minimum Gasteiger partial charge on any atom is -0.370 e. The Bertz CT molecular complexity index is 628. The number of halogens is 1. The van der Waals surface area contributed by atoms with Gasteiger partial charge in [0.05, 0.1) is 15.5 Å². The second-order valence-corrected chi connectivity index (χ2v) is 3.61. The SMILES string of the molecule is N#Cc1cc([N+](=O)[O-])cc(Cl)c1N=C(N)N=C(N)N. The van der Waals surface area contributed by atoms with Crippen molar-refractivity contribution < 1.29 is 4.92 Å². The van der Waals surface area contributed by atoms with Crippen LogP contribution in [0, 0.1) is 21.4 Å². The Morgan fingerprint density at radius 3 is 2.53 bits per heavy atom. The van der Waals surface area contributed by atoms with E-state index in [1.165, 1.54) is 0 Å². The summed E-state index contributed by atoms with van der Waals surface area (Å²) in [6.07, 6.45) is 0. The average molecular weight is 282 g/mol. The van der Waals surface area contributed by atoms with Crippen LogP contribution in [0.15, 0.2) is 22.1 Å². The summed E-state index contributed by atoms with van der Waals surface area (Å²) in [5.41, 5.74) is 15.1. The fourth-order valence-electron chi connectivity index (χ4n) is 1.16. The summed E-state index contributed by atoms with van der Waals surface area (Å²) in [4.78, 5) is 17.1. The highest BCUT2D eigenvalue weighted by Gasteiger charge is 2.15. The Morgan fingerprint density at radius 2 is 2.05 bits per heavy atom. The van der Waals surface area contributed by atoms with Crippen LogP contribution in [-0.2, 0) is 0 Å². The summed E-state index contributed by atoms with van der Waals surface area (Å²) < 4.78 is 0. The number of nitrogens with zero attached hydrogens (tertiary/aromatic N) is 4. The molecule has 0 fully saturated rings. The van der Waals surface area contributed by atoms with Crippen molar-refractivity contribution in [2.24, 2.45) is 27.2 Å². The van der Waals surface area contributed by atoms with Gasteiger partial charge in [0.15, 0.2) is 5.96 Å². The van der Waals surface area contributed by atoms with E-state index in [-0.39, 0.29) is 33.9 Å². The molecule has 0 bridgehead atoms. The van der Waals surface area contributed by atoms with Crippen LogP contribution in [-0.4, -0.2) is 16.8 Å². The van der Waals surface area contributed by atoms with Crippen molar-refractivity contribution in [2.45, 2.75) is 0 Å². The van der Waals surface area contributed by atoms with Gasteiger partial charge in [-0.3, -0.25) is 10.1 Å². The Balaban J connectivity index is 3.42. The fraction of sp³-hybridized carbons (Fsp3) is 0. The van der Waals surface area contributed by atoms with Gasteiger partial charge in [-0.2, -0.15) is 10.3 Å². The first-order valence-electron chi connectivity index (χ1n) is 4.67. The number of nitrogens with two attached hydrogens (primary N) is 3. The second kappa shape index (κ2) is 5.65. The van der Waals surface area contributed by atoms with E-state index in [4.69, 9.17) is 34.1 Å². The molecule has 0 saturated heterocycles. The number of rotatable bonds is 2. The monoisotopic (exact) mass is 281 g/mol. The van der Waals surface area contributed by atoms with Crippen LogP contribution in [0.2, 0.25) is 5.02 Å². The molecule has 1 rings (SSSR count). The van der Waals surface area contributed by atoms with E-state index >= 15 is 0 Å². The molecular formula is C9H8ClN7O2. The number of aliphatic imine (C=N–C) groups is 2. The van der Waals surface area contributed by atoms with Crippen LogP contribution in [0.25, 0.3) is 0 Å². The third kappa shape index (κ3) is 3.55. The van der Waals surface area contributed by atoms with Crippen molar-refractivity contribution in [3.05, 3.63) is 32.8 Å². The molecule has 0 unspecified atom stereocenters. The number of hydrogen-bond donors (Lipinski definition) is 3. The zero-order valence-corrected chi connectivity index (χ0v) is 10.1. The highest BCUT2D eigenvalue weighted by Crippen LogP contribution is 2.33. The molecule has 0 spiro atoms. The topological polar surface area (TPSA) is 170 Å². The first kappa shape index (κ1) is 14.2. The van der Waals surface area contributed by atoms with E-state index in [2.05, 4.69) is 9.98 Å². The number of non-ortho nitro benzene ring substituents is 1. The van der Waals surface area contributed by atoms with Gasteiger partial charge in [-0.25, -0.2) is 4.99 Å². The lowest BCUT2D eigenvalue weighted by Gasteiger charge is -2.02. The predicted molar refractivity (Wildman–Crippen MR) is 69.9 cm³/mol. The molecule has 0 radical (unpaired) electrons. The summed E-state index contributed by atoms with van der Waals surface area (Å²) >= 11 is 5.81. The van der Waals surface area contributed by atoms with E-state index in [0.717, 1.165) is 12.1 Å². The van der Waals surface area contributed by atoms with Gasteiger partial charge in [-0.1, -0.05) is 11.6 Å². The molecule has 0 heterocycles. The van der Waals surface area contributed by atoms with Crippen LogP contribution in [0.1, 0.15) is 5.56 Å². The third-order valence-electron chi connectivity index (χ3n) is 1.85. The summed E-state index contributed by atoms with van der Waals surface area (Å²) in [6, 6.07) is 3.79. The number of benzene rings is 1. The van der Waals surface area contributed by atoms with Crippen LogP contribution in [0.3, 0.4) is 0 Å². The second-order valence-electron chi connectivity index (χ2n) is 3.20. The Kier molecular flexibility index (Phi) is 4.23. The van der Waals surface area contributed by atoms with Gasteiger partial charge in [0.25, 0.3) is 5.69 Å². The maximum Gasteiger partial charge on any atom is 0.272 e. The Hall–Kier alpha value is -2.86. The standard InChI is InChI=1S/C9H8ClN7O2/c10-6-2-5(17(18)19)1-4(3-11)7(6)15-9(14)16-8(12)13/h1-2H,(H6,12,13,14,15,16). The molecule has 1 aromatic carbocycles. The molecule has 1 aromatic rings. The first-order chi connectivity index (χ1) is 8.85.